The Kier molecular flexibility index (Phi) is 5.10. The van der Waals surface area contributed by atoms with Crippen LogP contribution in [0.5, 0.6) is 0 Å². The van der Waals surface area contributed by atoms with Crippen LogP contribution in [0.2, 0.25) is 0 Å². The van der Waals surface area contributed by atoms with E-state index in [1.165, 1.54) is 6.42 Å². The van der Waals surface area contributed by atoms with E-state index in [9.17, 15) is 4.79 Å². The summed E-state index contributed by atoms with van der Waals surface area (Å²) in [4.78, 5) is 12.7. The van der Waals surface area contributed by atoms with Gasteiger partial charge in [0.2, 0.25) is 0 Å². The van der Waals surface area contributed by atoms with Gasteiger partial charge in [0.05, 0.1) is 10.5 Å². The molecule has 0 heterocycles. The van der Waals surface area contributed by atoms with Gasteiger partial charge in [-0.25, -0.2) is 0 Å². The molecule has 0 bridgehead atoms. The maximum absolute atomic E-state index is 12.4. The lowest BCUT2D eigenvalue weighted by Crippen LogP contribution is -2.62. The van der Waals surface area contributed by atoms with Crippen LogP contribution in [-0.2, 0) is 9.53 Å². The topological polar surface area (TPSA) is 64.3 Å². The number of thiocarbonyl (C=S) groups is 1. The second kappa shape index (κ2) is 5.97. The molecule has 104 valence electrons. The Morgan fingerprint density at radius 2 is 2.00 bits per heavy atom. The zero-order valence-electron chi connectivity index (χ0n) is 11.5. The molecule has 0 saturated heterocycles. The van der Waals surface area contributed by atoms with Crippen LogP contribution in [0.4, 0.5) is 0 Å². The molecule has 0 radical (unpaired) electrons. The quantitative estimate of drug-likeness (QED) is 0.750. The van der Waals surface area contributed by atoms with E-state index in [0.29, 0.717) is 11.4 Å². The number of hydrogen-bond acceptors (Lipinski definition) is 3. The Bertz CT molecular complexity index is 321. The number of amides is 1. The van der Waals surface area contributed by atoms with Crippen molar-refractivity contribution in [3.05, 3.63) is 0 Å². The molecule has 5 heteroatoms. The van der Waals surface area contributed by atoms with E-state index in [4.69, 9.17) is 22.7 Å². The second-order valence-corrected chi connectivity index (χ2v) is 5.69. The summed E-state index contributed by atoms with van der Waals surface area (Å²) in [5, 5.41) is 3.04. The molecule has 0 aliphatic heterocycles. The standard InChI is InChI=1S/C13H24N2O2S/c1-4-12(2,17-3)11(16)15-13(10(14)18)8-6-5-7-9-13/h4-9H2,1-3H3,(H2,14,18)(H,15,16). The van der Waals surface area contributed by atoms with Crippen molar-refractivity contribution in [1.29, 1.82) is 0 Å². The third-order valence-electron chi connectivity index (χ3n) is 4.14. The molecule has 1 rings (SSSR count). The average Bonchev–Trinajstić information content (AvgIpc) is 2.38. The van der Waals surface area contributed by atoms with Crippen LogP contribution < -0.4 is 11.1 Å². The number of ether oxygens (including phenoxy) is 1. The first kappa shape index (κ1) is 15.4. The highest BCUT2D eigenvalue weighted by Gasteiger charge is 2.41. The molecule has 0 aromatic heterocycles. The minimum absolute atomic E-state index is 0.123. The highest BCUT2D eigenvalue weighted by Crippen LogP contribution is 2.29. The van der Waals surface area contributed by atoms with Gasteiger partial charge in [-0.1, -0.05) is 38.4 Å². The van der Waals surface area contributed by atoms with E-state index in [-0.39, 0.29) is 5.91 Å². The van der Waals surface area contributed by atoms with Crippen LogP contribution >= 0.6 is 12.2 Å². The Labute approximate surface area is 115 Å². The molecule has 3 N–H and O–H groups in total. The van der Waals surface area contributed by atoms with Crippen LogP contribution in [0, 0.1) is 0 Å². The lowest BCUT2D eigenvalue weighted by atomic mass is 9.81. The van der Waals surface area contributed by atoms with Crippen molar-refractivity contribution in [2.45, 2.75) is 63.5 Å². The maximum Gasteiger partial charge on any atom is 0.252 e. The largest absolute Gasteiger partial charge is 0.391 e. The van der Waals surface area contributed by atoms with Crippen molar-refractivity contribution in [3.63, 3.8) is 0 Å². The fourth-order valence-electron chi connectivity index (χ4n) is 2.34. The van der Waals surface area contributed by atoms with Crippen LogP contribution in [0.1, 0.15) is 52.4 Å². The third kappa shape index (κ3) is 3.01. The molecule has 1 aliphatic carbocycles. The van der Waals surface area contributed by atoms with Crippen molar-refractivity contribution >= 4 is 23.1 Å². The number of carbonyl (C=O) groups is 1. The maximum atomic E-state index is 12.4. The van der Waals surface area contributed by atoms with Crippen molar-refractivity contribution in [1.82, 2.24) is 5.32 Å². The van der Waals surface area contributed by atoms with Gasteiger partial charge >= 0.3 is 0 Å². The second-order valence-electron chi connectivity index (χ2n) is 5.25. The van der Waals surface area contributed by atoms with Crippen molar-refractivity contribution < 1.29 is 9.53 Å². The summed E-state index contributed by atoms with van der Waals surface area (Å²) >= 11 is 5.16. The molecule has 1 fully saturated rings. The molecule has 0 aromatic rings. The van der Waals surface area contributed by atoms with Gasteiger partial charge in [-0.05, 0) is 26.2 Å². The molecular formula is C13H24N2O2S. The fourth-order valence-corrected chi connectivity index (χ4v) is 2.59. The summed E-state index contributed by atoms with van der Waals surface area (Å²) in [6.07, 6.45) is 5.55. The SMILES string of the molecule is CCC(C)(OC)C(=O)NC1(C(N)=S)CCCCC1. The van der Waals surface area contributed by atoms with Gasteiger partial charge in [0.1, 0.15) is 5.60 Å². The zero-order valence-corrected chi connectivity index (χ0v) is 12.4. The Balaban J connectivity index is 2.84. The van der Waals surface area contributed by atoms with Gasteiger partial charge < -0.3 is 15.8 Å². The highest BCUT2D eigenvalue weighted by atomic mass is 32.1. The predicted octanol–water partition coefficient (Wildman–Crippen LogP) is 1.91. The summed E-state index contributed by atoms with van der Waals surface area (Å²) in [7, 11) is 1.55. The molecular weight excluding hydrogens is 248 g/mol. The summed E-state index contributed by atoms with van der Waals surface area (Å²) in [5.41, 5.74) is 4.53. The molecule has 4 nitrogen and oxygen atoms in total. The van der Waals surface area contributed by atoms with Crippen LogP contribution in [0.15, 0.2) is 0 Å². The number of nitrogens with two attached hydrogens (primary N) is 1. The lowest BCUT2D eigenvalue weighted by molar-refractivity contribution is -0.143. The van der Waals surface area contributed by atoms with Gasteiger partial charge in [-0.15, -0.1) is 0 Å². The van der Waals surface area contributed by atoms with E-state index in [1.807, 2.05) is 6.92 Å². The smallest absolute Gasteiger partial charge is 0.252 e. The van der Waals surface area contributed by atoms with Gasteiger partial charge in [0, 0.05) is 7.11 Å². The van der Waals surface area contributed by atoms with Crippen molar-refractivity contribution in [2.24, 2.45) is 5.73 Å². The summed E-state index contributed by atoms with van der Waals surface area (Å²) < 4.78 is 5.32. The number of hydrogen-bond donors (Lipinski definition) is 2. The summed E-state index contributed by atoms with van der Waals surface area (Å²) in [6.45, 7) is 3.72. The van der Waals surface area contributed by atoms with Crippen LogP contribution in [0.25, 0.3) is 0 Å². The van der Waals surface area contributed by atoms with E-state index >= 15 is 0 Å². The number of carbonyl (C=O) groups excluding carboxylic acids is 1. The number of methoxy groups -OCH3 is 1. The highest BCUT2D eigenvalue weighted by molar-refractivity contribution is 7.80. The Morgan fingerprint density at radius 1 is 1.44 bits per heavy atom. The van der Waals surface area contributed by atoms with Gasteiger partial charge in [-0.2, -0.15) is 0 Å². The van der Waals surface area contributed by atoms with Crippen LogP contribution in [-0.4, -0.2) is 29.1 Å². The van der Waals surface area contributed by atoms with E-state index in [0.717, 1.165) is 25.7 Å². The molecule has 1 amide bonds. The Hall–Kier alpha value is -0.680. The minimum atomic E-state index is -0.810. The monoisotopic (exact) mass is 272 g/mol. The number of rotatable bonds is 5. The first-order valence-corrected chi connectivity index (χ1v) is 6.99. The van der Waals surface area contributed by atoms with E-state index < -0.39 is 11.1 Å². The zero-order chi connectivity index (χ0) is 13.8. The molecule has 18 heavy (non-hydrogen) atoms. The Morgan fingerprint density at radius 3 is 2.39 bits per heavy atom. The fraction of sp³-hybridized carbons (Fsp3) is 0.846. The first-order valence-electron chi connectivity index (χ1n) is 6.58. The molecule has 1 aliphatic rings. The molecule has 0 spiro atoms. The molecule has 0 aromatic carbocycles. The van der Waals surface area contributed by atoms with Crippen molar-refractivity contribution in [3.8, 4) is 0 Å². The van der Waals surface area contributed by atoms with Gasteiger partial charge in [0.15, 0.2) is 0 Å². The van der Waals surface area contributed by atoms with E-state index in [1.54, 1.807) is 14.0 Å². The third-order valence-corrected chi connectivity index (χ3v) is 4.53. The molecule has 1 atom stereocenters. The summed E-state index contributed by atoms with van der Waals surface area (Å²) in [5.74, 6) is -0.123. The van der Waals surface area contributed by atoms with E-state index in [2.05, 4.69) is 5.32 Å². The summed E-state index contributed by atoms with van der Waals surface area (Å²) in [6, 6.07) is 0. The minimum Gasteiger partial charge on any atom is -0.391 e. The molecule has 1 unspecified atom stereocenters. The normalized spacial score (nSPS) is 21.9. The van der Waals surface area contributed by atoms with Crippen LogP contribution in [0.3, 0.4) is 0 Å². The predicted molar refractivity (Wildman–Crippen MR) is 76.4 cm³/mol. The lowest BCUT2D eigenvalue weighted by Gasteiger charge is -2.39. The number of nitrogens with one attached hydrogen (secondary N) is 1. The molecule has 1 saturated carbocycles. The van der Waals surface area contributed by atoms with Gasteiger partial charge in [0.25, 0.3) is 5.91 Å². The van der Waals surface area contributed by atoms with Crippen molar-refractivity contribution in [2.75, 3.05) is 7.11 Å². The van der Waals surface area contributed by atoms with Gasteiger partial charge in [-0.3, -0.25) is 4.79 Å². The first-order chi connectivity index (χ1) is 8.40. The average molecular weight is 272 g/mol.